The number of carbonyl (C=O) groups excluding carboxylic acids is 1. The Morgan fingerprint density at radius 3 is 2.79 bits per heavy atom. The fraction of sp³-hybridized carbons (Fsp3) is 0.409. The number of ether oxygens (including phenoxy) is 3. The molecule has 0 saturated carbocycles. The molecule has 2 aromatic rings. The van der Waals surface area contributed by atoms with E-state index in [-0.39, 0.29) is 18.8 Å². The Bertz CT molecular complexity index is 766. The number of hydrogen-bond donors (Lipinski definition) is 1. The third-order valence-electron chi connectivity index (χ3n) is 4.58. The van der Waals surface area contributed by atoms with Crippen molar-refractivity contribution in [3.05, 3.63) is 59.7 Å². The van der Waals surface area contributed by atoms with Gasteiger partial charge >= 0.3 is 0 Å². The van der Waals surface area contributed by atoms with Gasteiger partial charge in [-0.2, -0.15) is 0 Å². The second-order valence-corrected chi connectivity index (χ2v) is 6.99. The number of nitrogens with zero attached hydrogens (tertiary/aromatic N) is 1. The van der Waals surface area contributed by atoms with Gasteiger partial charge in [-0.25, -0.2) is 0 Å². The second-order valence-electron chi connectivity index (χ2n) is 6.99. The summed E-state index contributed by atoms with van der Waals surface area (Å²) in [6.07, 6.45) is 0.846. The lowest BCUT2D eigenvalue weighted by atomic mass is 10.1. The summed E-state index contributed by atoms with van der Waals surface area (Å²) in [4.78, 5) is 14.1. The number of likely N-dealkylation sites (N-methyl/N-ethyl adjacent to an activating group) is 1. The fourth-order valence-corrected chi connectivity index (χ4v) is 3.09. The van der Waals surface area contributed by atoms with Crippen molar-refractivity contribution in [1.82, 2.24) is 10.2 Å². The molecular weight excluding hydrogens is 356 g/mol. The van der Waals surface area contributed by atoms with Crippen LogP contribution in [0, 0.1) is 0 Å². The highest BCUT2D eigenvalue weighted by Gasteiger charge is 2.14. The largest absolute Gasteiger partial charge is 0.454 e. The monoisotopic (exact) mass is 384 g/mol. The van der Waals surface area contributed by atoms with Crippen LogP contribution in [-0.4, -0.2) is 44.3 Å². The lowest BCUT2D eigenvalue weighted by molar-refractivity contribution is -0.122. The smallest absolute Gasteiger partial charge is 0.234 e. The zero-order valence-electron chi connectivity index (χ0n) is 16.5. The number of rotatable bonds is 10. The average molecular weight is 384 g/mol. The highest BCUT2D eigenvalue weighted by atomic mass is 16.7. The lowest BCUT2D eigenvalue weighted by Gasteiger charge is -2.17. The number of fused-ring (bicyclic) bond motifs is 1. The topological polar surface area (TPSA) is 60.0 Å². The van der Waals surface area contributed by atoms with Crippen LogP contribution in [-0.2, 0) is 16.1 Å². The summed E-state index contributed by atoms with van der Waals surface area (Å²) in [5, 5.41) is 2.95. The molecule has 3 rings (SSSR count). The molecule has 1 amide bonds. The molecule has 1 unspecified atom stereocenters. The molecule has 0 aromatic heterocycles. The van der Waals surface area contributed by atoms with Crippen molar-refractivity contribution in [2.75, 3.05) is 33.5 Å². The van der Waals surface area contributed by atoms with Crippen molar-refractivity contribution >= 4 is 5.91 Å². The minimum atomic E-state index is 0.0133. The molecule has 6 nitrogen and oxygen atoms in total. The molecule has 1 aliphatic rings. The Labute approximate surface area is 166 Å². The zero-order chi connectivity index (χ0) is 19.8. The van der Waals surface area contributed by atoms with Gasteiger partial charge in [0, 0.05) is 19.7 Å². The first kappa shape index (κ1) is 20.2. The first-order valence-corrected chi connectivity index (χ1v) is 9.62. The second kappa shape index (κ2) is 10.1. The van der Waals surface area contributed by atoms with E-state index in [9.17, 15) is 4.79 Å². The van der Waals surface area contributed by atoms with Crippen LogP contribution in [0.15, 0.2) is 48.5 Å². The van der Waals surface area contributed by atoms with E-state index in [1.165, 1.54) is 0 Å². The molecule has 0 fully saturated rings. The van der Waals surface area contributed by atoms with Gasteiger partial charge in [-0.3, -0.25) is 9.69 Å². The summed E-state index contributed by atoms with van der Waals surface area (Å²) >= 11 is 0. The Morgan fingerprint density at radius 1 is 1.18 bits per heavy atom. The predicted molar refractivity (Wildman–Crippen MR) is 107 cm³/mol. The Hall–Kier alpha value is -2.57. The van der Waals surface area contributed by atoms with Gasteiger partial charge in [-0.15, -0.1) is 0 Å². The van der Waals surface area contributed by atoms with Gasteiger partial charge < -0.3 is 19.5 Å². The summed E-state index contributed by atoms with van der Waals surface area (Å²) in [7, 11) is 1.93. The van der Waals surface area contributed by atoms with Crippen molar-refractivity contribution < 1.29 is 19.0 Å². The van der Waals surface area contributed by atoms with E-state index in [4.69, 9.17) is 14.2 Å². The number of nitrogens with one attached hydrogen (secondary N) is 1. The molecule has 1 heterocycles. The molecule has 0 radical (unpaired) electrons. The maximum Gasteiger partial charge on any atom is 0.234 e. The van der Waals surface area contributed by atoms with Crippen LogP contribution < -0.4 is 14.8 Å². The van der Waals surface area contributed by atoms with E-state index in [2.05, 4.69) is 17.4 Å². The normalized spacial score (nSPS) is 13.5. The SMILES string of the molecule is CC(OCCCNC(=O)CN(C)Cc1ccc2c(c1)OCO2)c1ccccc1. The van der Waals surface area contributed by atoms with Crippen LogP contribution in [0.1, 0.15) is 30.6 Å². The maximum atomic E-state index is 12.1. The van der Waals surface area contributed by atoms with Crippen LogP contribution >= 0.6 is 0 Å². The minimum absolute atomic E-state index is 0.0133. The summed E-state index contributed by atoms with van der Waals surface area (Å²) in [5.74, 6) is 1.55. The van der Waals surface area contributed by atoms with Crippen molar-refractivity contribution in [2.45, 2.75) is 26.0 Å². The van der Waals surface area contributed by atoms with Crippen LogP contribution in [0.25, 0.3) is 0 Å². The van der Waals surface area contributed by atoms with Gasteiger partial charge in [0.1, 0.15) is 0 Å². The minimum Gasteiger partial charge on any atom is -0.454 e. The van der Waals surface area contributed by atoms with Crippen LogP contribution in [0.3, 0.4) is 0 Å². The van der Waals surface area contributed by atoms with Gasteiger partial charge in [0.05, 0.1) is 12.6 Å². The molecular formula is C22H28N2O4. The van der Waals surface area contributed by atoms with Gasteiger partial charge in [-0.1, -0.05) is 36.4 Å². The van der Waals surface area contributed by atoms with Crippen molar-refractivity contribution in [2.24, 2.45) is 0 Å². The van der Waals surface area contributed by atoms with Crippen molar-refractivity contribution in [3.63, 3.8) is 0 Å². The number of amides is 1. The molecule has 0 aliphatic carbocycles. The summed E-state index contributed by atoms with van der Waals surface area (Å²) in [5.41, 5.74) is 2.25. The summed E-state index contributed by atoms with van der Waals surface area (Å²) in [6, 6.07) is 16.0. The molecule has 1 N–H and O–H groups in total. The number of benzene rings is 2. The van der Waals surface area contributed by atoms with Gasteiger partial charge in [0.2, 0.25) is 12.7 Å². The quantitative estimate of drug-likeness (QED) is 0.638. The van der Waals surface area contributed by atoms with Gasteiger partial charge in [0.15, 0.2) is 11.5 Å². The maximum absolute atomic E-state index is 12.1. The molecule has 1 aliphatic heterocycles. The molecule has 2 aromatic carbocycles. The van der Waals surface area contributed by atoms with Crippen LogP contribution in [0.4, 0.5) is 0 Å². The standard InChI is InChI=1S/C22H28N2O4/c1-17(19-7-4-3-5-8-19)26-12-6-11-23-22(25)15-24(2)14-18-9-10-20-21(13-18)28-16-27-20/h3-5,7-10,13,17H,6,11-12,14-16H2,1-2H3,(H,23,25). The van der Waals surface area contributed by atoms with Crippen LogP contribution in [0.5, 0.6) is 11.5 Å². The van der Waals surface area contributed by atoms with Crippen molar-refractivity contribution in [1.29, 1.82) is 0 Å². The molecule has 150 valence electrons. The van der Waals surface area contributed by atoms with E-state index < -0.39 is 0 Å². The van der Waals surface area contributed by atoms with E-state index in [1.54, 1.807) is 0 Å². The molecule has 0 spiro atoms. The predicted octanol–water partition coefficient (Wildman–Crippen LogP) is 3.13. The Balaban J connectivity index is 1.30. The van der Waals surface area contributed by atoms with Gasteiger partial charge in [0.25, 0.3) is 0 Å². The third-order valence-corrected chi connectivity index (χ3v) is 4.58. The number of carbonyl (C=O) groups is 1. The molecule has 6 heteroatoms. The lowest BCUT2D eigenvalue weighted by Crippen LogP contribution is -2.35. The highest BCUT2D eigenvalue weighted by Crippen LogP contribution is 2.32. The van der Waals surface area contributed by atoms with E-state index in [0.29, 0.717) is 26.2 Å². The van der Waals surface area contributed by atoms with E-state index in [0.717, 1.165) is 29.0 Å². The average Bonchev–Trinajstić information content (AvgIpc) is 3.16. The first-order valence-electron chi connectivity index (χ1n) is 9.62. The van der Waals surface area contributed by atoms with Crippen molar-refractivity contribution in [3.8, 4) is 11.5 Å². The number of hydrogen-bond acceptors (Lipinski definition) is 5. The Morgan fingerprint density at radius 2 is 1.96 bits per heavy atom. The van der Waals surface area contributed by atoms with E-state index in [1.807, 2.05) is 55.3 Å². The summed E-state index contributed by atoms with van der Waals surface area (Å²) in [6.45, 7) is 4.54. The summed E-state index contributed by atoms with van der Waals surface area (Å²) < 4.78 is 16.5. The van der Waals surface area contributed by atoms with Crippen LogP contribution in [0.2, 0.25) is 0 Å². The van der Waals surface area contributed by atoms with E-state index >= 15 is 0 Å². The molecule has 0 saturated heterocycles. The highest BCUT2D eigenvalue weighted by molar-refractivity contribution is 5.77. The fourth-order valence-electron chi connectivity index (χ4n) is 3.09. The third kappa shape index (κ3) is 5.97. The Kier molecular flexibility index (Phi) is 7.28. The van der Waals surface area contributed by atoms with Gasteiger partial charge in [-0.05, 0) is 43.7 Å². The zero-order valence-corrected chi connectivity index (χ0v) is 16.5. The molecule has 0 bridgehead atoms. The molecule has 1 atom stereocenters. The first-order chi connectivity index (χ1) is 13.6. The molecule has 28 heavy (non-hydrogen) atoms.